The van der Waals surface area contributed by atoms with Gasteiger partial charge >= 0.3 is 6.03 Å². The van der Waals surface area contributed by atoms with Gasteiger partial charge in [0.25, 0.3) is 0 Å². The molecule has 4 amide bonds. The van der Waals surface area contributed by atoms with Gasteiger partial charge in [-0.2, -0.15) is 0 Å². The first-order valence-corrected chi connectivity index (χ1v) is 9.39. The molecule has 4 N–H and O–H groups in total. The smallest absolute Gasteiger partial charge is 0.343 e. The number of piperidine rings is 1. The van der Waals surface area contributed by atoms with E-state index >= 15 is 0 Å². The zero-order valence-electron chi connectivity index (χ0n) is 15.6. The van der Waals surface area contributed by atoms with E-state index in [0.29, 0.717) is 37.1 Å². The molecule has 2 aliphatic rings. The van der Waals surface area contributed by atoms with Crippen LogP contribution < -0.4 is 10.6 Å². The molecule has 10 nitrogen and oxygen atoms in total. The highest BCUT2D eigenvalue weighted by atomic mass is 16.3. The van der Waals surface area contributed by atoms with E-state index in [1.54, 1.807) is 23.1 Å². The van der Waals surface area contributed by atoms with Crippen LogP contribution >= 0.6 is 0 Å². The standard InChI is InChI=1S/C19H21N5O5/c25-14-5-4-13(16(26)22-14)24-17(27)12-3-1-2-11(15(12)18(24)28)10-21-19(29)23-8-6-20-7-9-23/h1-3,10,13,20,27-28H,4-9H2,(H,22,25,26). The summed E-state index contributed by atoms with van der Waals surface area (Å²) in [7, 11) is 0. The predicted octanol–water partition coefficient (Wildman–Crippen LogP) is 0.474. The van der Waals surface area contributed by atoms with Crippen LogP contribution in [0.4, 0.5) is 4.79 Å². The fourth-order valence-electron chi connectivity index (χ4n) is 3.75. The molecule has 1 unspecified atom stereocenters. The number of carbonyl (C=O) groups is 3. The molecule has 3 heterocycles. The van der Waals surface area contributed by atoms with Gasteiger partial charge in [-0.05, 0) is 12.5 Å². The Bertz CT molecular complexity index is 1020. The summed E-state index contributed by atoms with van der Waals surface area (Å²) < 4.78 is 1.11. The van der Waals surface area contributed by atoms with Crippen LogP contribution in [0, 0.1) is 0 Å². The first-order chi connectivity index (χ1) is 14.0. The third kappa shape index (κ3) is 3.42. The first-order valence-electron chi connectivity index (χ1n) is 9.39. The molecule has 0 aliphatic carbocycles. The molecule has 10 heteroatoms. The summed E-state index contributed by atoms with van der Waals surface area (Å²) in [4.78, 5) is 41.5. The zero-order valence-corrected chi connectivity index (χ0v) is 15.6. The number of benzene rings is 1. The SMILES string of the molecule is O=C1CCC(n2c(O)c3cccc(C=NC(=O)N4CCNCC4)c3c2O)C(=O)N1. The second-order valence-electron chi connectivity index (χ2n) is 7.03. The molecule has 4 rings (SSSR count). The second-order valence-corrected chi connectivity index (χ2v) is 7.03. The monoisotopic (exact) mass is 399 g/mol. The second kappa shape index (κ2) is 7.55. The van der Waals surface area contributed by atoms with Crippen molar-refractivity contribution in [1.82, 2.24) is 20.1 Å². The Morgan fingerprint density at radius 2 is 1.93 bits per heavy atom. The summed E-state index contributed by atoms with van der Waals surface area (Å²) in [6.07, 6.45) is 1.62. The van der Waals surface area contributed by atoms with E-state index in [4.69, 9.17) is 0 Å². The highest BCUT2D eigenvalue weighted by Crippen LogP contribution is 2.41. The molecular weight excluding hydrogens is 378 g/mol. The van der Waals surface area contributed by atoms with Crippen molar-refractivity contribution in [3.05, 3.63) is 23.8 Å². The lowest BCUT2D eigenvalue weighted by Gasteiger charge is -2.25. The molecule has 29 heavy (non-hydrogen) atoms. The van der Waals surface area contributed by atoms with Gasteiger partial charge in [0, 0.05) is 49.8 Å². The molecule has 152 valence electrons. The number of aromatic hydroxyl groups is 2. The number of fused-ring (bicyclic) bond motifs is 1. The normalized spacial score (nSPS) is 20.4. The fourth-order valence-corrected chi connectivity index (χ4v) is 3.75. The van der Waals surface area contributed by atoms with E-state index in [-0.39, 0.29) is 41.9 Å². The average Bonchev–Trinajstić information content (AvgIpc) is 2.98. The maximum absolute atomic E-state index is 12.3. The summed E-state index contributed by atoms with van der Waals surface area (Å²) in [5.74, 6) is -1.57. The number of imide groups is 1. The Morgan fingerprint density at radius 3 is 2.66 bits per heavy atom. The molecule has 1 aromatic carbocycles. The molecule has 0 radical (unpaired) electrons. The lowest BCUT2D eigenvalue weighted by molar-refractivity contribution is -0.135. The molecule has 0 bridgehead atoms. The van der Waals surface area contributed by atoms with Crippen LogP contribution in [0.5, 0.6) is 11.8 Å². The van der Waals surface area contributed by atoms with Crippen molar-refractivity contribution in [2.24, 2.45) is 4.99 Å². The van der Waals surface area contributed by atoms with E-state index in [1.807, 2.05) is 0 Å². The molecule has 0 spiro atoms. The molecule has 1 atom stereocenters. The van der Waals surface area contributed by atoms with E-state index in [2.05, 4.69) is 15.6 Å². The number of nitrogens with zero attached hydrogens (tertiary/aromatic N) is 3. The summed E-state index contributed by atoms with van der Waals surface area (Å²) >= 11 is 0. The summed E-state index contributed by atoms with van der Waals surface area (Å²) in [5.41, 5.74) is 0.435. The van der Waals surface area contributed by atoms with Crippen molar-refractivity contribution in [2.75, 3.05) is 26.2 Å². The Labute approximate surface area is 165 Å². The van der Waals surface area contributed by atoms with Gasteiger partial charge < -0.3 is 20.4 Å². The van der Waals surface area contributed by atoms with Crippen LogP contribution in [0.3, 0.4) is 0 Å². The molecule has 2 aliphatic heterocycles. The highest BCUT2D eigenvalue weighted by Gasteiger charge is 2.33. The number of aromatic nitrogens is 1. The topological polar surface area (TPSA) is 136 Å². The Balaban J connectivity index is 1.69. The number of carbonyl (C=O) groups excluding carboxylic acids is 3. The van der Waals surface area contributed by atoms with Crippen molar-refractivity contribution in [2.45, 2.75) is 18.9 Å². The number of piperazine rings is 1. The van der Waals surface area contributed by atoms with E-state index in [1.165, 1.54) is 6.21 Å². The lowest BCUT2D eigenvalue weighted by Crippen LogP contribution is -2.45. The van der Waals surface area contributed by atoms with Crippen LogP contribution in [0.2, 0.25) is 0 Å². The van der Waals surface area contributed by atoms with Crippen LogP contribution in [-0.4, -0.2) is 69.9 Å². The molecule has 0 saturated carbocycles. The average molecular weight is 399 g/mol. The predicted molar refractivity (Wildman–Crippen MR) is 104 cm³/mol. The van der Waals surface area contributed by atoms with Gasteiger partial charge in [-0.25, -0.2) is 9.79 Å². The van der Waals surface area contributed by atoms with Crippen molar-refractivity contribution < 1.29 is 24.6 Å². The summed E-state index contributed by atoms with van der Waals surface area (Å²) in [5, 5.41) is 27.4. The van der Waals surface area contributed by atoms with Crippen molar-refractivity contribution in [3.8, 4) is 11.8 Å². The number of aliphatic imine (C=N–C) groups is 1. The fraction of sp³-hybridized carbons (Fsp3) is 0.368. The number of hydrogen-bond donors (Lipinski definition) is 4. The number of amides is 4. The minimum absolute atomic E-state index is 0.108. The van der Waals surface area contributed by atoms with Gasteiger partial charge in [0.15, 0.2) is 0 Å². The Kier molecular flexibility index (Phi) is 4.93. The van der Waals surface area contributed by atoms with Gasteiger partial charge in [-0.1, -0.05) is 12.1 Å². The van der Waals surface area contributed by atoms with E-state index in [9.17, 15) is 24.6 Å². The first kappa shape index (κ1) is 18.9. The lowest BCUT2D eigenvalue weighted by atomic mass is 10.1. The van der Waals surface area contributed by atoms with Gasteiger partial charge in [0.05, 0.1) is 5.39 Å². The molecule has 2 aromatic rings. The molecule has 1 aromatic heterocycles. The quantitative estimate of drug-likeness (QED) is 0.428. The number of hydrogen-bond acceptors (Lipinski definition) is 6. The molecule has 2 saturated heterocycles. The minimum atomic E-state index is -0.910. The van der Waals surface area contributed by atoms with Crippen LogP contribution in [0.15, 0.2) is 23.2 Å². The molecule has 2 fully saturated rings. The number of urea groups is 1. The van der Waals surface area contributed by atoms with Gasteiger partial charge in [0.2, 0.25) is 23.6 Å². The van der Waals surface area contributed by atoms with Crippen molar-refractivity contribution in [1.29, 1.82) is 0 Å². The van der Waals surface area contributed by atoms with Crippen LogP contribution in [0.1, 0.15) is 24.4 Å². The van der Waals surface area contributed by atoms with E-state index < -0.39 is 11.9 Å². The van der Waals surface area contributed by atoms with Gasteiger partial charge in [-0.15, -0.1) is 0 Å². The number of rotatable bonds is 2. The van der Waals surface area contributed by atoms with Gasteiger partial charge in [0.1, 0.15) is 6.04 Å². The third-order valence-electron chi connectivity index (χ3n) is 5.24. The Morgan fingerprint density at radius 1 is 1.17 bits per heavy atom. The van der Waals surface area contributed by atoms with Crippen LogP contribution in [0.25, 0.3) is 10.8 Å². The van der Waals surface area contributed by atoms with Crippen LogP contribution in [-0.2, 0) is 9.59 Å². The highest BCUT2D eigenvalue weighted by molar-refractivity contribution is 6.08. The van der Waals surface area contributed by atoms with Gasteiger partial charge in [-0.3, -0.25) is 19.5 Å². The maximum Gasteiger partial charge on any atom is 0.343 e. The van der Waals surface area contributed by atoms with Crippen molar-refractivity contribution >= 4 is 34.8 Å². The minimum Gasteiger partial charge on any atom is -0.494 e. The maximum atomic E-state index is 12.3. The van der Waals surface area contributed by atoms with E-state index in [0.717, 1.165) is 4.57 Å². The third-order valence-corrected chi connectivity index (χ3v) is 5.24. The summed E-state index contributed by atoms with van der Waals surface area (Å²) in [6, 6.07) is 3.63. The van der Waals surface area contributed by atoms with Crippen molar-refractivity contribution in [3.63, 3.8) is 0 Å². The largest absolute Gasteiger partial charge is 0.494 e. The Hall–Kier alpha value is -3.40. The number of nitrogens with one attached hydrogen (secondary N) is 2. The zero-order chi connectivity index (χ0) is 20.5. The summed E-state index contributed by atoms with van der Waals surface area (Å²) in [6.45, 7) is 2.55. The molecular formula is C19H21N5O5.